The lowest BCUT2D eigenvalue weighted by Crippen LogP contribution is -2.65. The first-order valence-electron chi connectivity index (χ1n) is 9.80. The highest BCUT2D eigenvalue weighted by molar-refractivity contribution is 5.91. The smallest absolute Gasteiger partial charge is 0.143 e. The van der Waals surface area contributed by atoms with Crippen LogP contribution in [0.1, 0.15) is 36.7 Å². The molecule has 6 atom stereocenters. The summed E-state index contributed by atoms with van der Waals surface area (Å²) in [6.45, 7) is 3.58. The zero-order chi connectivity index (χ0) is 18.5. The predicted molar refractivity (Wildman–Crippen MR) is 102 cm³/mol. The van der Waals surface area contributed by atoms with E-state index in [0.29, 0.717) is 12.6 Å². The average molecular weight is 364 g/mol. The van der Waals surface area contributed by atoms with Crippen molar-refractivity contribution in [1.29, 1.82) is 0 Å². The van der Waals surface area contributed by atoms with Gasteiger partial charge in [-0.15, -0.1) is 0 Å². The molecule has 6 heterocycles. The minimum absolute atomic E-state index is 0.0431. The second-order valence-corrected chi connectivity index (χ2v) is 8.46. The number of fused-ring (bicyclic) bond motifs is 5. The van der Waals surface area contributed by atoms with Crippen LogP contribution >= 0.6 is 0 Å². The lowest BCUT2D eigenvalue weighted by Gasteiger charge is -2.60. The lowest BCUT2D eigenvalue weighted by atomic mass is 9.56. The minimum atomic E-state index is -0.403. The first-order valence-corrected chi connectivity index (χ1v) is 9.80. The molecule has 0 saturated carbocycles. The van der Waals surface area contributed by atoms with Crippen LogP contribution in [0.4, 0.5) is 0 Å². The van der Waals surface area contributed by atoms with E-state index in [1.165, 1.54) is 28.5 Å². The lowest BCUT2D eigenvalue weighted by molar-refractivity contribution is -0.134. The first-order chi connectivity index (χ1) is 13.2. The average Bonchev–Trinajstić information content (AvgIpc) is 3.27. The molecular weight excluding hydrogens is 340 g/mol. The van der Waals surface area contributed by atoms with Crippen molar-refractivity contribution in [3.8, 4) is 5.75 Å². The Hall–Kier alpha value is -2.11. The number of piperidine rings is 3. The number of aldehydes is 1. The Labute approximate surface area is 158 Å². The summed E-state index contributed by atoms with van der Waals surface area (Å²) in [5.41, 5.74) is 4.76. The third-order valence-corrected chi connectivity index (χ3v) is 7.70. The second kappa shape index (κ2) is 5.03. The van der Waals surface area contributed by atoms with E-state index >= 15 is 0 Å². The zero-order valence-electron chi connectivity index (χ0n) is 15.9. The minimum Gasteiger partial charge on any atom is -0.495 e. The van der Waals surface area contributed by atoms with Crippen LogP contribution < -0.4 is 4.74 Å². The molecule has 5 nitrogen and oxygen atoms in total. The van der Waals surface area contributed by atoms with Gasteiger partial charge in [-0.2, -0.15) is 0 Å². The zero-order valence-corrected chi connectivity index (χ0v) is 15.9. The van der Waals surface area contributed by atoms with E-state index in [1.807, 2.05) is 6.07 Å². The van der Waals surface area contributed by atoms with E-state index in [-0.39, 0.29) is 18.1 Å². The van der Waals surface area contributed by atoms with Gasteiger partial charge in [0, 0.05) is 30.2 Å². The van der Waals surface area contributed by atoms with Crippen molar-refractivity contribution in [3.63, 3.8) is 0 Å². The molecule has 1 unspecified atom stereocenters. The number of aromatic nitrogens is 1. The first kappa shape index (κ1) is 15.9. The molecule has 0 spiro atoms. The summed E-state index contributed by atoms with van der Waals surface area (Å²) in [5.74, 6) is 1.19. The number of aryl methyl sites for hydroxylation is 1. The Morgan fingerprint density at radius 2 is 2.22 bits per heavy atom. The summed E-state index contributed by atoms with van der Waals surface area (Å²) < 4.78 is 14.4. The van der Waals surface area contributed by atoms with Gasteiger partial charge >= 0.3 is 0 Å². The van der Waals surface area contributed by atoms with Gasteiger partial charge in [0.25, 0.3) is 0 Å². The Morgan fingerprint density at radius 3 is 2.96 bits per heavy atom. The van der Waals surface area contributed by atoms with Gasteiger partial charge in [0.05, 0.1) is 36.7 Å². The van der Waals surface area contributed by atoms with Crippen LogP contribution in [0.25, 0.3) is 10.9 Å². The number of rotatable bonds is 2. The molecule has 140 valence electrons. The molecule has 5 heteroatoms. The molecule has 4 bridgehead atoms. The molecule has 5 aliphatic rings. The van der Waals surface area contributed by atoms with Crippen molar-refractivity contribution >= 4 is 17.2 Å². The van der Waals surface area contributed by atoms with Gasteiger partial charge in [-0.05, 0) is 25.3 Å². The molecule has 7 rings (SSSR count). The van der Waals surface area contributed by atoms with Crippen molar-refractivity contribution in [2.24, 2.45) is 18.4 Å². The molecule has 1 aromatic heterocycles. The number of hydrogen-bond donors (Lipinski definition) is 0. The standard InChI is InChI=1S/C22H24N2O3/c1-4-12-9-24-15-8-14(12)22(10-25)11-27-20(21(22)24)17-13-6-5-7-16(26-3)18(13)23(2)19(15)17/h4-7,10,14-15,20-21H,8-9,11H2,1-3H3/b12-4-/t14-,15-,20+,21-,22-/m0/s1. The molecule has 0 radical (unpaired) electrons. The maximum atomic E-state index is 12.4. The normalized spacial score (nSPS) is 39.8. The van der Waals surface area contributed by atoms with Crippen molar-refractivity contribution in [3.05, 3.63) is 41.1 Å². The van der Waals surface area contributed by atoms with Crippen LogP contribution in [-0.2, 0) is 16.6 Å². The van der Waals surface area contributed by atoms with Crippen LogP contribution in [0.2, 0.25) is 0 Å². The van der Waals surface area contributed by atoms with E-state index in [9.17, 15) is 4.79 Å². The molecule has 0 amide bonds. The fourth-order valence-corrected chi connectivity index (χ4v) is 6.66. The fraction of sp³-hybridized carbons (Fsp3) is 0.500. The number of carbonyl (C=O) groups is 1. The Balaban J connectivity index is 1.68. The Morgan fingerprint density at radius 1 is 1.37 bits per heavy atom. The van der Waals surface area contributed by atoms with E-state index in [1.54, 1.807) is 7.11 Å². The summed E-state index contributed by atoms with van der Waals surface area (Å²) in [5, 5.41) is 1.21. The van der Waals surface area contributed by atoms with E-state index < -0.39 is 5.41 Å². The monoisotopic (exact) mass is 364 g/mol. The van der Waals surface area contributed by atoms with E-state index in [0.717, 1.165) is 24.2 Å². The van der Waals surface area contributed by atoms with Crippen LogP contribution in [0.3, 0.4) is 0 Å². The van der Waals surface area contributed by atoms with Gasteiger partial charge in [-0.1, -0.05) is 23.8 Å². The quantitative estimate of drug-likeness (QED) is 0.607. The molecule has 0 N–H and O–H groups in total. The van der Waals surface area contributed by atoms with Crippen LogP contribution in [0.5, 0.6) is 5.75 Å². The summed E-state index contributed by atoms with van der Waals surface area (Å²) in [6, 6.07) is 6.74. The molecule has 4 saturated heterocycles. The third kappa shape index (κ3) is 1.59. The molecule has 27 heavy (non-hydrogen) atoms. The number of allylic oxidation sites excluding steroid dienone is 1. The van der Waals surface area contributed by atoms with E-state index in [2.05, 4.69) is 41.6 Å². The van der Waals surface area contributed by atoms with Crippen molar-refractivity contribution < 1.29 is 14.3 Å². The molecule has 2 aromatic rings. The Bertz CT molecular complexity index is 1020. The van der Waals surface area contributed by atoms with E-state index in [4.69, 9.17) is 9.47 Å². The summed E-state index contributed by atoms with van der Waals surface area (Å²) in [7, 11) is 3.87. The Kier molecular flexibility index (Phi) is 2.96. The van der Waals surface area contributed by atoms with Gasteiger partial charge in [-0.3, -0.25) is 4.90 Å². The number of hydrogen-bond acceptors (Lipinski definition) is 4. The highest BCUT2D eigenvalue weighted by Crippen LogP contribution is 2.65. The van der Waals surface area contributed by atoms with Crippen LogP contribution in [-0.4, -0.2) is 42.1 Å². The van der Waals surface area contributed by atoms with Crippen molar-refractivity contribution in [2.45, 2.75) is 31.5 Å². The third-order valence-electron chi connectivity index (χ3n) is 7.70. The van der Waals surface area contributed by atoms with Crippen LogP contribution in [0, 0.1) is 11.3 Å². The number of ether oxygens (including phenoxy) is 2. The number of methoxy groups -OCH3 is 1. The predicted octanol–water partition coefficient (Wildman–Crippen LogP) is 3.15. The molecular formula is C22H24N2O3. The van der Waals surface area contributed by atoms with Gasteiger partial charge in [0.1, 0.15) is 18.1 Å². The fourth-order valence-electron chi connectivity index (χ4n) is 6.66. The maximum absolute atomic E-state index is 12.4. The van der Waals surface area contributed by atoms with Gasteiger partial charge in [-0.25, -0.2) is 0 Å². The molecule has 5 aliphatic heterocycles. The molecule has 0 aliphatic carbocycles. The van der Waals surface area contributed by atoms with Crippen molar-refractivity contribution in [1.82, 2.24) is 9.47 Å². The topological polar surface area (TPSA) is 43.7 Å². The SMILES string of the molecule is C/C=C1/CN2[C@H]3[C@@H]4OC[C@@]3(C=O)[C@H]1C[C@H]2c1c4c2cccc(OC)c2n1C. The summed E-state index contributed by atoms with van der Waals surface area (Å²) >= 11 is 0. The summed E-state index contributed by atoms with van der Waals surface area (Å²) in [6.07, 6.45) is 4.38. The number of nitrogens with zero attached hydrogens (tertiary/aromatic N) is 2. The number of benzene rings is 1. The second-order valence-electron chi connectivity index (χ2n) is 8.46. The van der Waals surface area contributed by atoms with Gasteiger partial charge < -0.3 is 18.8 Å². The number of para-hydroxylation sites is 1. The largest absolute Gasteiger partial charge is 0.495 e. The molecule has 1 aromatic carbocycles. The highest BCUT2D eigenvalue weighted by Gasteiger charge is 2.68. The number of carbonyl (C=O) groups excluding carboxylic acids is 1. The van der Waals surface area contributed by atoms with Crippen molar-refractivity contribution in [2.75, 3.05) is 20.3 Å². The van der Waals surface area contributed by atoms with Gasteiger partial charge in [0.2, 0.25) is 0 Å². The van der Waals surface area contributed by atoms with Crippen LogP contribution in [0.15, 0.2) is 29.8 Å². The van der Waals surface area contributed by atoms with Gasteiger partial charge in [0.15, 0.2) is 0 Å². The highest BCUT2D eigenvalue weighted by atomic mass is 16.5. The molecule has 4 fully saturated rings. The maximum Gasteiger partial charge on any atom is 0.143 e. The summed E-state index contributed by atoms with van der Waals surface area (Å²) in [4.78, 5) is 15.0.